The Morgan fingerprint density at radius 1 is 0.880 bits per heavy atom. The van der Waals surface area contributed by atoms with Crippen LogP contribution >= 0.6 is 0 Å². The molecule has 2 nitrogen and oxygen atoms in total. The molecule has 0 aromatic heterocycles. The molecule has 136 valence electrons. The van der Waals surface area contributed by atoms with E-state index in [1.807, 2.05) is 0 Å². The fraction of sp³-hybridized carbons (Fsp3) is 0.294. The quantitative estimate of drug-likeness (QED) is 0.465. The second kappa shape index (κ2) is 7.67. The molecule has 0 spiro atoms. The lowest BCUT2D eigenvalue weighted by molar-refractivity contribution is -0.185. The number of halogens is 6. The number of ether oxygens (including phenoxy) is 2. The Hall–Kier alpha value is -2.38. The number of para-hydroxylation sites is 1. The van der Waals surface area contributed by atoms with Crippen molar-refractivity contribution in [3.8, 4) is 11.5 Å². The van der Waals surface area contributed by atoms with Gasteiger partial charge in [-0.2, -0.15) is 22.0 Å². The van der Waals surface area contributed by atoms with Crippen molar-refractivity contribution < 1.29 is 35.8 Å². The highest BCUT2D eigenvalue weighted by Gasteiger charge is 2.35. The van der Waals surface area contributed by atoms with Crippen molar-refractivity contribution in [3.63, 3.8) is 0 Å². The van der Waals surface area contributed by atoms with E-state index >= 15 is 0 Å². The SMILES string of the molecule is Fc1cc(C(F)(F)Oc2ccccc2)ccc1OCCCC(F)(F)F. The molecule has 0 heterocycles. The summed E-state index contributed by atoms with van der Waals surface area (Å²) in [6.45, 7) is -0.382. The average molecular weight is 364 g/mol. The van der Waals surface area contributed by atoms with Gasteiger partial charge in [0.25, 0.3) is 0 Å². The molecule has 0 saturated carbocycles. The molecule has 0 N–H and O–H groups in total. The Kier molecular flexibility index (Phi) is 5.81. The van der Waals surface area contributed by atoms with Gasteiger partial charge in [-0.1, -0.05) is 18.2 Å². The number of hydrogen-bond acceptors (Lipinski definition) is 2. The zero-order valence-electron chi connectivity index (χ0n) is 12.8. The van der Waals surface area contributed by atoms with Crippen molar-refractivity contribution in [3.05, 3.63) is 59.9 Å². The molecule has 0 aliphatic carbocycles. The molecule has 0 amide bonds. The van der Waals surface area contributed by atoms with E-state index in [4.69, 9.17) is 4.74 Å². The van der Waals surface area contributed by atoms with Gasteiger partial charge in [-0.3, -0.25) is 0 Å². The van der Waals surface area contributed by atoms with Crippen LogP contribution in [0.2, 0.25) is 0 Å². The summed E-state index contributed by atoms with van der Waals surface area (Å²) in [5.41, 5.74) is -0.739. The first-order chi connectivity index (χ1) is 11.7. The molecule has 2 rings (SSSR count). The molecule has 0 unspecified atom stereocenters. The molecule has 0 atom stereocenters. The minimum Gasteiger partial charge on any atom is -0.491 e. The van der Waals surface area contributed by atoms with Crippen LogP contribution in [0, 0.1) is 5.82 Å². The molecule has 2 aromatic rings. The van der Waals surface area contributed by atoms with Gasteiger partial charge >= 0.3 is 12.3 Å². The highest BCUT2D eigenvalue weighted by atomic mass is 19.4. The second-order valence-corrected chi connectivity index (χ2v) is 5.14. The largest absolute Gasteiger partial charge is 0.491 e. The highest BCUT2D eigenvalue weighted by molar-refractivity contribution is 5.32. The third kappa shape index (κ3) is 5.88. The summed E-state index contributed by atoms with van der Waals surface area (Å²) in [5, 5.41) is 0. The summed E-state index contributed by atoms with van der Waals surface area (Å²) in [5.74, 6) is -1.61. The standard InChI is InChI=1S/C17H14F6O2/c18-14-11-12(17(22,23)25-13-5-2-1-3-6-13)7-8-15(14)24-10-4-9-16(19,20)21/h1-3,5-8,11H,4,9-10H2. The molecule has 0 fully saturated rings. The maximum absolute atomic E-state index is 14.0. The fourth-order valence-corrected chi connectivity index (χ4v) is 1.95. The van der Waals surface area contributed by atoms with Crippen LogP contribution in [0.5, 0.6) is 11.5 Å². The second-order valence-electron chi connectivity index (χ2n) is 5.14. The van der Waals surface area contributed by atoms with E-state index in [1.165, 1.54) is 24.3 Å². The van der Waals surface area contributed by atoms with Crippen LogP contribution < -0.4 is 9.47 Å². The van der Waals surface area contributed by atoms with Crippen LogP contribution in [0.1, 0.15) is 18.4 Å². The molecule has 0 bridgehead atoms. The number of hydrogen-bond donors (Lipinski definition) is 0. The van der Waals surface area contributed by atoms with Gasteiger partial charge in [0.2, 0.25) is 0 Å². The van der Waals surface area contributed by atoms with E-state index in [0.29, 0.717) is 6.07 Å². The minimum absolute atomic E-state index is 0.0969. The first-order valence-electron chi connectivity index (χ1n) is 7.29. The number of benzene rings is 2. The topological polar surface area (TPSA) is 18.5 Å². The van der Waals surface area contributed by atoms with Crippen LogP contribution in [-0.4, -0.2) is 12.8 Å². The van der Waals surface area contributed by atoms with Crippen LogP contribution in [0.25, 0.3) is 0 Å². The molecule has 8 heteroatoms. The van der Waals surface area contributed by atoms with Gasteiger partial charge in [0.05, 0.1) is 12.2 Å². The number of alkyl halides is 5. The summed E-state index contributed by atoms with van der Waals surface area (Å²) in [6.07, 6.45) is -9.55. The van der Waals surface area contributed by atoms with E-state index < -0.39 is 35.8 Å². The normalized spacial score (nSPS) is 12.1. The first kappa shape index (κ1) is 19.0. The highest BCUT2D eigenvalue weighted by Crippen LogP contribution is 2.33. The van der Waals surface area contributed by atoms with E-state index in [9.17, 15) is 26.3 Å². The molecule has 0 aliphatic heterocycles. The maximum Gasteiger partial charge on any atom is 0.426 e. The van der Waals surface area contributed by atoms with Gasteiger partial charge in [0.1, 0.15) is 5.75 Å². The third-order valence-corrected chi connectivity index (χ3v) is 3.12. The third-order valence-electron chi connectivity index (χ3n) is 3.12. The van der Waals surface area contributed by atoms with Gasteiger partial charge < -0.3 is 9.47 Å². The summed E-state index contributed by atoms with van der Waals surface area (Å²) < 4.78 is 87.3. The van der Waals surface area contributed by atoms with Gasteiger partial charge in [-0.05, 0) is 36.8 Å². The van der Waals surface area contributed by atoms with Gasteiger partial charge in [0.15, 0.2) is 11.6 Å². The summed E-state index contributed by atoms with van der Waals surface area (Å²) >= 11 is 0. The van der Waals surface area contributed by atoms with Crippen LogP contribution in [0.3, 0.4) is 0 Å². The Morgan fingerprint density at radius 2 is 1.56 bits per heavy atom. The predicted molar refractivity (Wildman–Crippen MR) is 78.1 cm³/mol. The van der Waals surface area contributed by atoms with E-state index in [-0.39, 0.29) is 18.8 Å². The van der Waals surface area contributed by atoms with Crippen molar-refractivity contribution in [1.82, 2.24) is 0 Å². The summed E-state index contributed by atoms with van der Waals surface area (Å²) in [6, 6.07) is 9.63. The van der Waals surface area contributed by atoms with Crippen molar-refractivity contribution in [2.45, 2.75) is 25.1 Å². The van der Waals surface area contributed by atoms with Crippen LogP contribution in [0.15, 0.2) is 48.5 Å². The van der Waals surface area contributed by atoms with Crippen molar-refractivity contribution in [2.75, 3.05) is 6.61 Å². The zero-order chi connectivity index (χ0) is 18.5. The molecule has 0 aliphatic rings. The zero-order valence-corrected chi connectivity index (χ0v) is 12.8. The van der Waals surface area contributed by atoms with Gasteiger partial charge in [-0.15, -0.1) is 0 Å². The van der Waals surface area contributed by atoms with Gasteiger partial charge in [-0.25, -0.2) is 4.39 Å². The average Bonchev–Trinajstić information content (AvgIpc) is 2.52. The summed E-state index contributed by atoms with van der Waals surface area (Å²) in [7, 11) is 0. The van der Waals surface area contributed by atoms with E-state index in [1.54, 1.807) is 6.07 Å². The Labute approximate surface area is 140 Å². The fourth-order valence-electron chi connectivity index (χ4n) is 1.95. The molecule has 0 radical (unpaired) electrons. The lowest BCUT2D eigenvalue weighted by Crippen LogP contribution is -2.22. The molecule has 25 heavy (non-hydrogen) atoms. The molecule has 0 saturated heterocycles. The number of rotatable bonds is 7. The first-order valence-corrected chi connectivity index (χ1v) is 7.29. The lowest BCUT2D eigenvalue weighted by Gasteiger charge is -2.19. The van der Waals surface area contributed by atoms with Gasteiger partial charge in [0, 0.05) is 6.42 Å². The lowest BCUT2D eigenvalue weighted by atomic mass is 10.2. The molecular formula is C17H14F6O2. The van der Waals surface area contributed by atoms with E-state index in [0.717, 1.165) is 12.1 Å². The van der Waals surface area contributed by atoms with Crippen LogP contribution in [0.4, 0.5) is 26.3 Å². The minimum atomic E-state index is -4.33. The van der Waals surface area contributed by atoms with Crippen molar-refractivity contribution in [2.24, 2.45) is 0 Å². The predicted octanol–water partition coefficient (Wildman–Crippen LogP) is 5.68. The molecular weight excluding hydrogens is 350 g/mol. The summed E-state index contributed by atoms with van der Waals surface area (Å²) in [4.78, 5) is 0. The molecule has 2 aromatic carbocycles. The Bertz CT molecular complexity index is 685. The monoisotopic (exact) mass is 364 g/mol. The van der Waals surface area contributed by atoms with Crippen molar-refractivity contribution in [1.29, 1.82) is 0 Å². The van der Waals surface area contributed by atoms with E-state index in [2.05, 4.69) is 4.74 Å². The van der Waals surface area contributed by atoms with Crippen molar-refractivity contribution >= 4 is 0 Å². The van der Waals surface area contributed by atoms with Crippen LogP contribution in [-0.2, 0) is 6.11 Å². The smallest absolute Gasteiger partial charge is 0.426 e. The Balaban J connectivity index is 2.00. The Morgan fingerprint density at radius 3 is 2.16 bits per heavy atom. The maximum atomic E-state index is 14.0.